The van der Waals surface area contributed by atoms with E-state index in [4.69, 9.17) is 0 Å². The molecule has 1 aromatic rings. The van der Waals surface area contributed by atoms with Gasteiger partial charge in [0.15, 0.2) is 11.6 Å². The highest BCUT2D eigenvalue weighted by molar-refractivity contribution is 5.84. The van der Waals surface area contributed by atoms with Gasteiger partial charge in [0.25, 0.3) is 0 Å². The molecule has 0 aliphatic carbocycles. The van der Waals surface area contributed by atoms with Gasteiger partial charge in [0.2, 0.25) is 5.91 Å². The van der Waals surface area contributed by atoms with Gasteiger partial charge in [-0.05, 0) is 30.0 Å². The Bertz CT molecular complexity index is 490. The number of rotatable bonds is 3. The molecule has 1 aromatic carbocycles. The van der Waals surface area contributed by atoms with Crippen LogP contribution in [-0.4, -0.2) is 23.9 Å². The van der Waals surface area contributed by atoms with Crippen molar-refractivity contribution in [2.45, 2.75) is 32.5 Å². The fraction of sp³-hybridized carbons (Fsp3) is 0.500. The second-order valence-electron chi connectivity index (χ2n) is 5.37. The molecule has 0 aromatic heterocycles. The molecular formula is C14H18F2N2O. The van der Waals surface area contributed by atoms with Crippen molar-refractivity contribution in [1.82, 2.24) is 10.2 Å². The minimum Gasteiger partial charge on any atom is -0.325 e. The third-order valence-electron chi connectivity index (χ3n) is 3.36. The van der Waals surface area contributed by atoms with Gasteiger partial charge in [-0.25, -0.2) is 8.78 Å². The number of hydrogen-bond donors (Lipinski definition) is 1. The van der Waals surface area contributed by atoms with Crippen LogP contribution in [0.15, 0.2) is 18.2 Å². The largest absolute Gasteiger partial charge is 0.325 e. The zero-order valence-corrected chi connectivity index (χ0v) is 11.3. The third-order valence-corrected chi connectivity index (χ3v) is 3.36. The summed E-state index contributed by atoms with van der Waals surface area (Å²) >= 11 is 0. The Morgan fingerprint density at radius 2 is 2.00 bits per heavy atom. The van der Waals surface area contributed by atoms with Crippen molar-refractivity contribution in [3.63, 3.8) is 0 Å². The molecule has 0 radical (unpaired) electrons. The van der Waals surface area contributed by atoms with E-state index in [1.807, 2.05) is 13.8 Å². The van der Waals surface area contributed by atoms with Gasteiger partial charge >= 0.3 is 0 Å². The molecule has 1 amide bonds. The Hall–Kier alpha value is -1.49. The van der Waals surface area contributed by atoms with E-state index in [-0.39, 0.29) is 11.9 Å². The highest BCUT2D eigenvalue weighted by Crippen LogP contribution is 2.27. The van der Waals surface area contributed by atoms with Crippen LogP contribution in [0.1, 0.15) is 32.0 Å². The number of nitrogens with one attached hydrogen (secondary N) is 1. The van der Waals surface area contributed by atoms with Gasteiger partial charge in [-0.2, -0.15) is 0 Å². The minimum absolute atomic E-state index is 0.0107. The van der Waals surface area contributed by atoms with E-state index >= 15 is 0 Å². The van der Waals surface area contributed by atoms with Crippen LogP contribution in [0.2, 0.25) is 0 Å². The summed E-state index contributed by atoms with van der Waals surface area (Å²) in [6.45, 7) is 4.08. The molecule has 1 heterocycles. The van der Waals surface area contributed by atoms with Gasteiger partial charge in [-0.3, -0.25) is 10.1 Å². The molecule has 3 nitrogen and oxygen atoms in total. The normalized spacial score (nSPS) is 23.5. The standard InChI is InChI=1S/C14H18F2N2O/c1-8(2)6-12-14(19)18(3)13(17-12)9-4-5-10(15)11(16)7-9/h4-5,7-8,12-13,17H,6H2,1-3H3. The molecule has 1 saturated heterocycles. The number of hydrogen-bond acceptors (Lipinski definition) is 2. The smallest absolute Gasteiger partial charge is 0.241 e. The molecule has 1 fully saturated rings. The lowest BCUT2D eigenvalue weighted by molar-refractivity contribution is -0.129. The lowest BCUT2D eigenvalue weighted by Gasteiger charge is -2.19. The summed E-state index contributed by atoms with van der Waals surface area (Å²) in [6, 6.07) is 3.45. The van der Waals surface area contributed by atoms with Gasteiger partial charge in [-0.1, -0.05) is 19.9 Å². The monoisotopic (exact) mass is 268 g/mol. The first-order chi connectivity index (χ1) is 8.90. The predicted molar refractivity (Wildman–Crippen MR) is 68.2 cm³/mol. The molecule has 0 saturated carbocycles. The number of carbonyl (C=O) groups excluding carboxylic acids is 1. The van der Waals surface area contributed by atoms with Crippen molar-refractivity contribution >= 4 is 5.91 Å². The van der Waals surface area contributed by atoms with Gasteiger partial charge < -0.3 is 4.90 Å². The fourth-order valence-corrected chi connectivity index (χ4v) is 2.39. The molecule has 5 heteroatoms. The third kappa shape index (κ3) is 2.76. The van der Waals surface area contributed by atoms with Gasteiger partial charge in [-0.15, -0.1) is 0 Å². The van der Waals surface area contributed by atoms with Crippen LogP contribution in [0.4, 0.5) is 8.78 Å². The number of halogens is 2. The van der Waals surface area contributed by atoms with Gasteiger partial charge in [0.1, 0.15) is 6.17 Å². The van der Waals surface area contributed by atoms with E-state index in [0.29, 0.717) is 11.5 Å². The van der Waals surface area contributed by atoms with E-state index in [1.54, 1.807) is 11.9 Å². The summed E-state index contributed by atoms with van der Waals surface area (Å²) < 4.78 is 26.2. The zero-order chi connectivity index (χ0) is 14.2. The van der Waals surface area contributed by atoms with Crippen molar-refractivity contribution < 1.29 is 13.6 Å². The molecule has 19 heavy (non-hydrogen) atoms. The second kappa shape index (κ2) is 5.25. The molecule has 104 valence electrons. The summed E-state index contributed by atoms with van der Waals surface area (Å²) in [5.74, 6) is -1.40. The lowest BCUT2D eigenvalue weighted by Crippen LogP contribution is -2.30. The highest BCUT2D eigenvalue weighted by atomic mass is 19.2. The highest BCUT2D eigenvalue weighted by Gasteiger charge is 2.37. The molecule has 0 bridgehead atoms. The predicted octanol–water partition coefficient (Wildman–Crippen LogP) is 2.44. The first-order valence-electron chi connectivity index (χ1n) is 6.38. The summed E-state index contributed by atoms with van der Waals surface area (Å²) in [7, 11) is 1.67. The number of likely N-dealkylation sites (N-methyl/N-ethyl adjacent to an activating group) is 1. The summed E-state index contributed by atoms with van der Waals surface area (Å²) in [5.41, 5.74) is 0.556. The van der Waals surface area contributed by atoms with Crippen LogP contribution in [0.5, 0.6) is 0 Å². The molecule has 1 N–H and O–H groups in total. The number of nitrogens with zero attached hydrogens (tertiary/aromatic N) is 1. The Balaban J connectivity index is 2.21. The van der Waals surface area contributed by atoms with Crippen LogP contribution in [0.3, 0.4) is 0 Å². The van der Waals surface area contributed by atoms with Crippen molar-refractivity contribution in [1.29, 1.82) is 0 Å². The van der Waals surface area contributed by atoms with Crippen molar-refractivity contribution in [2.24, 2.45) is 5.92 Å². The maximum Gasteiger partial charge on any atom is 0.241 e. The van der Waals surface area contributed by atoms with Crippen LogP contribution >= 0.6 is 0 Å². The average molecular weight is 268 g/mol. The van der Waals surface area contributed by atoms with E-state index < -0.39 is 17.8 Å². The first-order valence-corrected chi connectivity index (χ1v) is 6.38. The first kappa shape index (κ1) is 13.9. The van der Waals surface area contributed by atoms with Crippen molar-refractivity contribution in [2.75, 3.05) is 7.05 Å². The number of carbonyl (C=O) groups is 1. The maximum atomic E-state index is 13.3. The molecular weight excluding hydrogens is 250 g/mol. The second-order valence-corrected chi connectivity index (χ2v) is 5.37. The molecule has 2 rings (SSSR count). The lowest BCUT2D eigenvalue weighted by atomic mass is 10.0. The van der Waals surface area contributed by atoms with E-state index in [9.17, 15) is 13.6 Å². The molecule has 2 atom stereocenters. The van der Waals surface area contributed by atoms with Crippen molar-refractivity contribution in [3.8, 4) is 0 Å². The average Bonchev–Trinajstić information content (AvgIpc) is 2.60. The summed E-state index contributed by atoms with van der Waals surface area (Å²) in [6.07, 6.45) is 0.329. The van der Waals surface area contributed by atoms with Crippen molar-refractivity contribution in [3.05, 3.63) is 35.4 Å². The number of benzene rings is 1. The minimum atomic E-state index is -0.896. The van der Waals surface area contributed by atoms with Crippen LogP contribution in [0.25, 0.3) is 0 Å². The SMILES string of the molecule is CC(C)CC1NC(c2ccc(F)c(F)c2)N(C)C1=O. The topological polar surface area (TPSA) is 32.3 Å². The quantitative estimate of drug-likeness (QED) is 0.913. The Morgan fingerprint density at radius 3 is 2.58 bits per heavy atom. The summed E-state index contributed by atoms with van der Waals surface area (Å²) in [4.78, 5) is 13.6. The number of amides is 1. The Morgan fingerprint density at radius 1 is 1.32 bits per heavy atom. The van der Waals surface area contributed by atoms with Gasteiger partial charge in [0.05, 0.1) is 6.04 Å². The zero-order valence-electron chi connectivity index (χ0n) is 11.3. The van der Waals surface area contributed by atoms with Gasteiger partial charge in [0, 0.05) is 7.05 Å². The van der Waals surface area contributed by atoms with Crippen LogP contribution < -0.4 is 5.32 Å². The Kier molecular flexibility index (Phi) is 3.85. The Labute approximate surface area is 111 Å². The van der Waals surface area contributed by atoms with E-state index in [2.05, 4.69) is 5.32 Å². The van der Waals surface area contributed by atoms with E-state index in [1.165, 1.54) is 6.07 Å². The molecule has 0 spiro atoms. The van der Waals surface area contributed by atoms with Crippen LogP contribution in [0, 0.1) is 17.6 Å². The fourth-order valence-electron chi connectivity index (χ4n) is 2.39. The van der Waals surface area contributed by atoms with Crippen LogP contribution in [-0.2, 0) is 4.79 Å². The molecule has 2 unspecified atom stereocenters. The summed E-state index contributed by atoms with van der Waals surface area (Å²) in [5, 5.41) is 3.17. The molecule has 1 aliphatic rings. The van der Waals surface area contributed by atoms with E-state index in [0.717, 1.165) is 18.6 Å². The molecule has 1 aliphatic heterocycles. The maximum absolute atomic E-state index is 13.3.